The first kappa shape index (κ1) is 34.7. The van der Waals surface area contributed by atoms with E-state index in [1.165, 1.54) is 0 Å². The van der Waals surface area contributed by atoms with E-state index in [4.69, 9.17) is 20.8 Å². The van der Waals surface area contributed by atoms with E-state index >= 15 is 0 Å². The molecule has 0 saturated carbocycles. The molecular weight excluding hydrogens is 602 g/mol. The van der Waals surface area contributed by atoms with Gasteiger partial charge in [-0.2, -0.15) is 0 Å². The average Bonchev–Trinajstić information content (AvgIpc) is 2.98. The van der Waals surface area contributed by atoms with Crippen molar-refractivity contribution in [2.24, 2.45) is 0 Å². The minimum atomic E-state index is -1.89. The molecule has 7 nitrogen and oxygen atoms in total. The van der Waals surface area contributed by atoms with E-state index in [0.29, 0.717) is 42.3 Å². The Morgan fingerprint density at radius 3 is 2.36 bits per heavy atom. The number of amides is 2. The average molecular weight is 650 g/mol. The summed E-state index contributed by atoms with van der Waals surface area (Å²) in [4.78, 5) is 27.9. The first-order chi connectivity index (χ1) is 21.3. The van der Waals surface area contributed by atoms with E-state index in [-0.39, 0.29) is 17.0 Å². The van der Waals surface area contributed by atoms with Gasteiger partial charge in [0.25, 0.3) is 0 Å². The summed E-state index contributed by atoms with van der Waals surface area (Å²) in [7, 11) is 0.187. The molecule has 0 aromatic heterocycles. The van der Waals surface area contributed by atoms with Crippen LogP contribution in [0.3, 0.4) is 0 Å². The van der Waals surface area contributed by atoms with Crippen LogP contribution in [0, 0.1) is 0 Å². The summed E-state index contributed by atoms with van der Waals surface area (Å²) in [5.41, 5.74) is 5.25. The highest BCUT2D eigenvalue weighted by Gasteiger charge is 2.37. The molecule has 0 unspecified atom stereocenters. The lowest BCUT2D eigenvalue weighted by Crippen LogP contribution is -2.40. The highest BCUT2D eigenvalue weighted by atomic mass is 35.5. The lowest BCUT2D eigenvalue weighted by Gasteiger charge is -2.36. The number of nitrogens with zero attached hydrogens (tertiary/aromatic N) is 1. The first-order valence-corrected chi connectivity index (χ1v) is 19.2. The quantitative estimate of drug-likeness (QED) is 0.203. The Bertz CT molecular complexity index is 1450. The molecule has 3 aromatic rings. The molecule has 4 rings (SSSR count). The molecule has 9 heteroatoms. The van der Waals surface area contributed by atoms with E-state index in [0.717, 1.165) is 48.2 Å². The molecule has 242 valence electrons. The molecule has 1 fully saturated rings. The molecule has 0 atom stereocenters. The standard InChI is InChI=1S/C36H48ClN3O4Si/c1-36(2,3)45(5,6)43-25-28-16-17-29(24-32(28)37)38-34(41)14-10-11-26-15-18-31(27-12-8-7-9-13-27)33(23-26)39-35(42)44-30-19-21-40(4)22-20-30/h7-9,12-13,15-18,23-24,30H,10-11,14,19-22,25H2,1-6H3,(H,38,41)(H,39,42). The molecule has 0 bridgehead atoms. The van der Waals surface area contributed by atoms with Crippen LogP contribution in [0.5, 0.6) is 0 Å². The third-order valence-electron chi connectivity index (χ3n) is 8.95. The Kier molecular flexibility index (Phi) is 11.9. The number of rotatable bonds is 11. The third-order valence-corrected chi connectivity index (χ3v) is 13.8. The molecule has 45 heavy (non-hydrogen) atoms. The lowest BCUT2D eigenvalue weighted by atomic mass is 9.99. The fourth-order valence-corrected chi connectivity index (χ4v) is 6.19. The van der Waals surface area contributed by atoms with Crippen LogP contribution in [-0.4, -0.2) is 51.5 Å². The van der Waals surface area contributed by atoms with Gasteiger partial charge in [0.05, 0.1) is 12.3 Å². The zero-order valence-electron chi connectivity index (χ0n) is 27.5. The van der Waals surface area contributed by atoms with E-state index in [9.17, 15) is 9.59 Å². The highest BCUT2D eigenvalue weighted by Crippen LogP contribution is 2.37. The van der Waals surface area contributed by atoms with Crippen molar-refractivity contribution in [3.63, 3.8) is 0 Å². The Labute approximate surface area is 274 Å². The normalized spacial score (nSPS) is 14.6. The molecular formula is C36H48ClN3O4Si. The second-order valence-electron chi connectivity index (χ2n) is 13.5. The number of carbonyl (C=O) groups excluding carboxylic acids is 2. The van der Waals surface area contributed by atoms with Crippen LogP contribution in [0.25, 0.3) is 11.1 Å². The summed E-state index contributed by atoms with van der Waals surface area (Å²) in [6.07, 6.45) is 2.85. The Morgan fingerprint density at radius 1 is 0.978 bits per heavy atom. The van der Waals surface area contributed by atoms with Gasteiger partial charge in [-0.15, -0.1) is 0 Å². The number of aryl methyl sites for hydroxylation is 1. The maximum atomic E-state index is 12.9. The smallest absolute Gasteiger partial charge is 0.411 e. The molecule has 1 heterocycles. The van der Waals surface area contributed by atoms with E-state index in [1.807, 2.05) is 54.6 Å². The monoisotopic (exact) mass is 649 g/mol. The zero-order valence-corrected chi connectivity index (χ0v) is 29.3. The van der Waals surface area contributed by atoms with Gasteiger partial charge in [-0.05, 0) is 85.8 Å². The number of piperidine rings is 1. The number of hydrogen-bond donors (Lipinski definition) is 2. The summed E-state index contributed by atoms with van der Waals surface area (Å²) in [6.45, 7) is 13.4. The van der Waals surface area contributed by atoms with E-state index in [1.54, 1.807) is 6.07 Å². The Morgan fingerprint density at radius 2 is 1.69 bits per heavy atom. The summed E-state index contributed by atoms with van der Waals surface area (Å²) in [6, 6.07) is 21.6. The molecule has 2 amide bonds. The molecule has 0 spiro atoms. The predicted molar refractivity (Wildman–Crippen MR) is 188 cm³/mol. The first-order valence-electron chi connectivity index (χ1n) is 15.9. The van der Waals surface area contributed by atoms with Crippen LogP contribution in [0.1, 0.15) is 57.6 Å². The second kappa shape index (κ2) is 15.4. The summed E-state index contributed by atoms with van der Waals surface area (Å²) >= 11 is 6.55. The molecule has 0 radical (unpaired) electrons. The van der Waals surface area contributed by atoms with Crippen LogP contribution >= 0.6 is 11.6 Å². The van der Waals surface area contributed by atoms with Gasteiger partial charge in [0, 0.05) is 35.8 Å². The zero-order chi connectivity index (χ0) is 32.6. The Hall–Kier alpha value is -3.17. The highest BCUT2D eigenvalue weighted by molar-refractivity contribution is 6.74. The van der Waals surface area contributed by atoms with Crippen LogP contribution in [0.2, 0.25) is 23.2 Å². The number of ether oxygens (including phenoxy) is 1. The van der Waals surface area contributed by atoms with Gasteiger partial charge in [-0.25, -0.2) is 4.79 Å². The summed E-state index contributed by atoms with van der Waals surface area (Å²) in [5, 5.41) is 6.67. The summed E-state index contributed by atoms with van der Waals surface area (Å²) in [5.74, 6) is -0.0719. The Balaban J connectivity index is 1.33. The van der Waals surface area contributed by atoms with Gasteiger partial charge in [-0.1, -0.05) is 80.9 Å². The molecule has 1 aliphatic heterocycles. The molecule has 1 aliphatic rings. The van der Waals surface area contributed by atoms with Gasteiger partial charge in [-0.3, -0.25) is 10.1 Å². The van der Waals surface area contributed by atoms with Crippen LogP contribution in [0.15, 0.2) is 66.7 Å². The van der Waals surface area contributed by atoms with Gasteiger partial charge >= 0.3 is 6.09 Å². The molecule has 2 N–H and O–H groups in total. The number of benzene rings is 3. The topological polar surface area (TPSA) is 79.9 Å². The fraction of sp³-hybridized carbons (Fsp3) is 0.444. The number of anilines is 2. The second-order valence-corrected chi connectivity index (χ2v) is 18.8. The minimum Gasteiger partial charge on any atom is -0.446 e. The number of carbonyl (C=O) groups is 2. The van der Waals surface area contributed by atoms with Crippen molar-refractivity contribution in [1.82, 2.24) is 4.90 Å². The fourth-order valence-electron chi connectivity index (χ4n) is 5.01. The largest absolute Gasteiger partial charge is 0.446 e. The number of nitrogens with one attached hydrogen (secondary N) is 2. The van der Waals surface area contributed by atoms with Crippen LogP contribution in [0.4, 0.5) is 16.2 Å². The number of likely N-dealkylation sites (tertiary alicyclic amines) is 1. The SMILES string of the molecule is CN1CCC(OC(=O)Nc2cc(CCCC(=O)Nc3ccc(CO[Si](C)(C)C(C)(C)C)c(Cl)c3)ccc2-c2ccccc2)CC1. The van der Waals surface area contributed by atoms with Gasteiger partial charge in [0.1, 0.15) is 6.10 Å². The van der Waals surface area contributed by atoms with E-state index in [2.05, 4.69) is 62.5 Å². The third kappa shape index (κ3) is 10.2. The van der Waals surface area contributed by atoms with Crippen molar-refractivity contribution >= 4 is 43.3 Å². The molecule has 1 saturated heterocycles. The maximum absolute atomic E-state index is 12.9. The van der Waals surface area contributed by atoms with E-state index < -0.39 is 14.4 Å². The van der Waals surface area contributed by atoms with Gasteiger partial charge in [0.15, 0.2) is 8.32 Å². The minimum absolute atomic E-state index is 0.0719. The van der Waals surface area contributed by atoms with Crippen LogP contribution < -0.4 is 10.6 Å². The number of halogens is 1. The molecule has 0 aliphatic carbocycles. The van der Waals surface area contributed by atoms with Crippen molar-refractivity contribution < 1.29 is 18.8 Å². The van der Waals surface area contributed by atoms with Crippen molar-refractivity contribution in [2.75, 3.05) is 30.8 Å². The van der Waals surface area contributed by atoms with Gasteiger partial charge < -0.3 is 19.4 Å². The maximum Gasteiger partial charge on any atom is 0.411 e. The summed E-state index contributed by atoms with van der Waals surface area (Å²) < 4.78 is 12.1. The van der Waals surface area contributed by atoms with Crippen molar-refractivity contribution in [3.05, 3.63) is 82.9 Å². The lowest BCUT2D eigenvalue weighted by molar-refractivity contribution is -0.116. The van der Waals surface area contributed by atoms with Crippen molar-refractivity contribution in [1.29, 1.82) is 0 Å². The van der Waals surface area contributed by atoms with Crippen molar-refractivity contribution in [2.45, 2.75) is 83.7 Å². The van der Waals surface area contributed by atoms with Crippen LogP contribution in [-0.2, 0) is 27.0 Å². The van der Waals surface area contributed by atoms with Gasteiger partial charge in [0.2, 0.25) is 5.91 Å². The number of hydrogen-bond acceptors (Lipinski definition) is 5. The predicted octanol–water partition coefficient (Wildman–Crippen LogP) is 9.13. The van der Waals surface area contributed by atoms with Crippen molar-refractivity contribution in [3.8, 4) is 11.1 Å². The molecule has 3 aromatic carbocycles.